The number of hydrogen-bond donors (Lipinski definition) is 2. The van der Waals surface area contributed by atoms with Crippen molar-refractivity contribution in [2.45, 2.75) is 13.0 Å². The van der Waals surface area contributed by atoms with E-state index < -0.39 is 0 Å². The molecule has 4 nitrogen and oxygen atoms in total. The molecule has 3 N–H and O–H groups in total. The van der Waals surface area contributed by atoms with Crippen LogP contribution in [-0.2, 0) is 13.0 Å². The fraction of sp³-hybridized carbons (Fsp3) is 0.571. The molecule has 0 radical (unpaired) electrons. The van der Waals surface area contributed by atoms with Crippen LogP contribution in [-0.4, -0.2) is 28.0 Å². The lowest BCUT2D eigenvalue weighted by Crippen LogP contribution is -2.12. The summed E-state index contributed by atoms with van der Waals surface area (Å²) in [6, 6.07) is 0. The zero-order chi connectivity index (χ0) is 8.97. The lowest BCUT2D eigenvalue weighted by atomic mass is 10.3. The molecule has 1 aromatic heterocycles. The third-order valence-electron chi connectivity index (χ3n) is 1.59. The zero-order valence-electron chi connectivity index (χ0n) is 6.70. The molecule has 1 rings (SSSR count). The Kier molecular flexibility index (Phi) is 3.71. The van der Waals surface area contributed by atoms with Crippen LogP contribution in [0.15, 0.2) is 10.7 Å². The molecule has 0 spiro atoms. The van der Waals surface area contributed by atoms with Crippen LogP contribution in [0.5, 0.6) is 0 Å². The second-order valence-corrected chi connectivity index (χ2v) is 3.28. The molecule has 0 aliphatic heterocycles. The van der Waals surface area contributed by atoms with Crippen molar-refractivity contribution in [1.82, 2.24) is 9.78 Å². The van der Waals surface area contributed by atoms with Crippen LogP contribution in [0.3, 0.4) is 0 Å². The summed E-state index contributed by atoms with van der Waals surface area (Å²) in [4.78, 5) is 0. The van der Waals surface area contributed by atoms with Gasteiger partial charge in [-0.15, -0.1) is 0 Å². The van der Waals surface area contributed by atoms with Gasteiger partial charge in [-0.3, -0.25) is 4.68 Å². The second kappa shape index (κ2) is 4.59. The normalized spacial score (nSPS) is 10.6. The molecule has 0 aliphatic rings. The van der Waals surface area contributed by atoms with Crippen molar-refractivity contribution in [2.24, 2.45) is 5.73 Å². The number of halogens is 1. The molecule has 0 fully saturated rings. The first-order chi connectivity index (χ1) is 5.79. The number of aliphatic hydroxyl groups is 1. The number of nitrogens with zero attached hydrogens (tertiary/aromatic N) is 2. The molecule has 5 heteroatoms. The van der Waals surface area contributed by atoms with Gasteiger partial charge in [-0.1, -0.05) is 0 Å². The van der Waals surface area contributed by atoms with E-state index in [1.165, 1.54) is 0 Å². The van der Waals surface area contributed by atoms with Crippen molar-refractivity contribution < 1.29 is 5.11 Å². The molecule has 0 saturated carbocycles. The highest BCUT2D eigenvalue weighted by atomic mass is 79.9. The Hall–Kier alpha value is -0.390. The van der Waals surface area contributed by atoms with Crippen LogP contribution >= 0.6 is 15.9 Å². The lowest BCUT2D eigenvalue weighted by molar-refractivity contribution is 0.267. The van der Waals surface area contributed by atoms with Crippen LogP contribution in [0, 0.1) is 0 Å². The molecule has 0 aromatic carbocycles. The van der Waals surface area contributed by atoms with E-state index in [9.17, 15) is 0 Å². The topological polar surface area (TPSA) is 64.1 Å². The summed E-state index contributed by atoms with van der Waals surface area (Å²) >= 11 is 3.37. The summed E-state index contributed by atoms with van der Waals surface area (Å²) in [6.07, 6.45) is 2.50. The van der Waals surface area contributed by atoms with Gasteiger partial charge in [0.05, 0.1) is 29.5 Å². The van der Waals surface area contributed by atoms with Crippen LogP contribution < -0.4 is 5.73 Å². The minimum Gasteiger partial charge on any atom is -0.394 e. The van der Waals surface area contributed by atoms with Crippen LogP contribution in [0.25, 0.3) is 0 Å². The van der Waals surface area contributed by atoms with Gasteiger partial charge in [0.2, 0.25) is 0 Å². The Balaban J connectivity index is 2.80. The molecule has 68 valence electrons. The van der Waals surface area contributed by atoms with E-state index in [-0.39, 0.29) is 6.61 Å². The maximum Gasteiger partial charge on any atom is 0.0644 e. The Bertz CT molecular complexity index is 249. The Morgan fingerprint density at radius 1 is 1.67 bits per heavy atom. The van der Waals surface area contributed by atoms with E-state index in [0.717, 1.165) is 16.6 Å². The van der Waals surface area contributed by atoms with Crippen molar-refractivity contribution in [3.63, 3.8) is 0 Å². The zero-order valence-corrected chi connectivity index (χ0v) is 8.29. The molecule has 12 heavy (non-hydrogen) atoms. The fourth-order valence-electron chi connectivity index (χ4n) is 1.06. The Morgan fingerprint density at radius 3 is 3.00 bits per heavy atom. The number of rotatable bonds is 4. The van der Waals surface area contributed by atoms with Gasteiger partial charge < -0.3 is 10.8 Å². The summed E-state index contributed by atoms with van der Waals surface area (Å²) in [7, 11) is 0. The van der Waals surface area contributed by atoms with Crippen molar-refractivity contribution in [3.8, 4) is 0 Å². The van der Waals surface area contributed by atoms with Gasteiger partial charge in [0.15, 0.2) is 0 Å². The molecular formula is C7H12BrN3O. The van der Waals surface area contributed by atoms with Crippen LogP contribution in [0.1, 0.15) is 5.69 Å². The van der Waals surface area contributed by atoms with Crippen molar-refractivity contribution in [2.75, 3.05) is 13.2 Å². The van der Waals surface area contributed by atoms with Crippen molar-refractivity contribution >= 4 is 15.9 Å². The maximum absolute atomic E-state index is 8.71. The molecule has 0 aliphatic carbocycles. The molecule has 0 amide bonds. The first-order valence-corrected chi connectivity index (χ1v) is 4.60. The highest BCUT2D eigenvalue weighted by Crippen LogP contribution is 2.15. The van der Waals surface area contributed by atoms with Crippen LogP contribution in [0.4, 0.5) is 0 Å². The number of hydrogen-bond acceptors (Lipinski definition) is 3. The predicted molar refractivity (Wildman–Crippen MR) is 49.8 cm³/mol. The van der Waals surface area contributed by atoms with E-state index in [0.29, 0.717) is 13.1 Å². The first kappa shape index (κ1) is 9.70. The van der Waals surface area contributed by atoms with E-state index in [2.05, 4.69) is 21.0 Å². The average Bonchev–Trinajstić information content (AvgIpc) is 2.37. The summed E-state index contributed by atoms with van der Waals surface area (Å²) < 4.78 is 2.72. The predicted octanol–water partition coefficient (Wildman–Crippen LogP) is 0.139. The van der Waals surface area contributed by atoms with Gasteiger partial charge in [0.1, 0.15) is 0 Å². The number of aliphatic hydroxyl groups excluding tert-OH is 1. The average molecular weight is 234 g/mol. The largest absolute Gasteiger partial charge is 0.394 e. The van der Waals surface area contributed by atoms with Gasteiger partial charge in [0.25, 0.3) is 0 Å². The van der Waals surface area contributed by atoms with Crippen molar-refractivity contribution in [1.29, 1.82) is 0 Å². The molecule has 0 atom stereocenters. The summed E-state index contributed by atoms with van der Waals surface area (Å²) in [6.45, 7) is 1.22. The van der Waals surface area contributed by atoms with Gasteiger partial charge in [-0.2, -0.15) is 5.10 Å². The monoisotopic (exact) mass is 233 g/mol. The van der Waals surface area contributed by atoms with Crippen molar-refractivity contribution in [3.05, 3.63) is 16.4 Å². The SMILES string of the molecule is NCCc1c(Br)cnn1CCO. The van der Waals surface area contributed by atoms with Crippen LogP contribution in [0.2, 0.25) is 0 Å². The van der Waals surface area contributed by atoms with E-state index in [1.807, 2.05) is 0 Å². The fourth-order valence-corrected chi connectivity index (χ4v) is 1.55. The minimum absolute atomic E-state index is 0.103. The molecule has 1 heterocycles. The quantitative estimate of drug-likeness (QED) is 0.778. The van der Waals surface area contributed by atoms with Gasteiger partial charge >= 0.3 is 0 Å². The maximum atomic E-state index is 8.71. The highest BCUT2D eigenvalue weighted by molar-refractivity contribution is 9.10. The van der Waals surface area contributed by atoms with Gasteiger partial charge in [-0.05, 0) is 22.5 Å². The summed E-state index contributed by atoms with van der Waals surface area (Å²) in [5.74, 6) is 0. The molecule has 0 bridgehead atoms. The Morgan fingerprint density at radius 2 is 2.42 bits per heavy atom. The molecule has 0 saturated heterocycles. The molecular weight excluding hydrogens is 222 g/mol. The van der Waals surface area contributed by atoms with E-state index in [4.69, 9.17) is 10.8 Å². The summed E-state index contributed by atoms with van der Waals surface area (Å²) in [5, 5.41) is 12.8. The third-order valence-corrected chi connectivity index (χ3v) is 2.25. The number of aromatic nitrogens is 2. The first-order valence-electron chi connectivity index (χ1n) is 3.80. The molecule has 1 aromatic rings. The smallest absolute Gasteiger partial charge is 0.0644 e. The lowest BCUT2D eigenvalue weighted by Gasteiger charge is -2.04. The minimum atomic E-state index is 0.103. The highest BCUT2D eigenvalue weighted by Gasteiger charge is 2.06. The second-order valence-electron chi connectivity index (χ2n) is 2.42. The van der Waals surface area contributed by atoms with E-state index in [1.54, 1.807) is 10.9 Å². The van der Waals surface area contributed by atoms with Gasteiger partial charge in [0, 0.05) is 6.42 Å². The molecule has 0 unspecified atom stereocenters. The van der Waals surface area contributed by atoms with E-state index >= 15 is 0 Å². The summed E-state index contributed by atoms with van der Waals surface area (Å²) in [5.41, 5.74) is 6.48. The van der Waals surface area contributed by atoms with Gasteiger partial charge in [-0.25, -0.2) is 0 Å². The Labute approximate surface area is 79.5 Å². The number of nitrogens with two attached hydrogens (primary N) is 1. The standard InChI is InChI=1S/C7H12BrN3O/c8-6-5-10-11(3-4-12)7(6)1-2-9/h5,12H,1-4,9H2. The third kappa shape index (κ3) is 2.06.